The molecule has 0 spiro atoms. The summed E-state index contributed by atoms with van der Waals surface area (Å²) in [7, 11) is 2.07. The number of carbonyl (C=O) groups excluding carboxylic acids is 1. The molecular formula is C16H26N2OS. The standard InChI is InChI=1S/C16H26N2OS/c1-4-5-12-20-13(2)16(19)18-11-7-9-15(18)14-8-6-10-17(14)3/h6,8,10,13,15H,4-5,7,9,11-12H2,1-3H3. The van der Waals surface area contributed by atoms with E-state index in [-0.39, 0.29) is 11.3 Å². The fraction of sp³-hybridized carbons (Fsp3) is 0.688. The lowest BCUT2D eigenvalue weighted by Gasteiger charge is -2.28. The summed E-state index contributed by atoms with van der Waals surface area (Å²) in [4.78, 5) is 14.7. The van der Waals surface area contributed by atoms with E-state index in [0.29, 0.717) is 5.91 Å². The van der Waals surface area contributed by atoms with Gasteiger partial charge in [-0.25, -0.2) is 0 Å². The van der Waals surface area contributed by atoms with Crippen LogP contribution >= 0.6 is 11.8 Å². The summed E-state index contributed by atoms with van der Waals surface area (Å²) >= 11 is 1.80. The minimum atomic E-state index is 0.0856. The topological polar surface area (TPSA) is 25.2 Å². The first-order chi connectivity index (χ1) is 9.65. The van der Waals surface area contributed by atoms with Crippen molar-refractivity contribution in [2.75, 3.05) is 12.3 Å². The van der Waals surface area contributed by atoms with Gasteiger partial charge < -0.3 is 9.47 Å². The molecule has 0 bridgehead atoms. The number of aryl methyl sites for hydroxylation is 1. The van der Waals surface area contributed by atoms with Gasteiger partial charge in [0.2, 0.25) is 5.91 Å². The minimum absolute atomic E-state index is 0.0856. The minimum Gasteiger partial charge on any atom is -0.353 e. The van der Waals surface area contributed by atoms with E-state index >= 15 is 0 Å². The van der Waals surface area contributed by atoms with Crippen LogP contribution in [-0.4, -0.2) is 32.9 Å². The zero-order valence-electron chi connectivity index (χ0n) is 12.8. The van der Waals surface area contributed by atoms with Crippen molar-refractivity contribution in [3.05, 3.63) is 24.0 Å². The van der Waals surface area contributed by atoms with E-state index in [1.807, 2.05) is 0 Å². The monoisotopic (exact) mass is 294 g/mol. The fourth-order valence-corrected chi connectivity index (χ4v) is 3.95. The molecule has 0 N–H and O–H groups in total. The molecule has 2 atom stereocenters. The van der Waals surface area contributed by atoms with Crippen LogP contribution in [0, 0.1) is 0 Å². The molecule has 1 aromatic rings. The molecule has 1 aromatic heterocycles. The van der Waals surface area contributed by atoms with Crippen LogP contribution in [0.15, 0.2) is 18.3 Å². The number of likely N-dealkylation sites (tertiary alicyclic amines) is 1. The Balaban J connectivity index is 2.00. The Morgan fingerprint density at radius 2 is 2.35 bits per heavy atom. The van der Waals surface area contributed by atoms with Gasteiger partial charge in [-0.3, -0.25) is 4.79 Å². The highest BCUT2D eigenvalue weighted by molar-refractivity contribution is 8.00. The molecule has 1 aliphatic rings. The highest BCUT2D eigenvalue weighted by Gasteiger charge is 2.33. The number of aromatic nitrogens is 1. The number of hydrogen-bond acceptors (Lipinski definition) is 2. The summed E-state index contributed by atoms with van der Waals surface area (Å²) < 4.78 is 2.14. The van der Waals surface area contributed by atoms with E-state index in [4.69, 9.17) is 0 Å². The van der Waals surface area contributed by atoms with Gasteiger partial charge in [0.05, 0.1) is 11.3 Å². The first-order valence-electron chi connectivity index (χ1n) is 7.68. The normalized spacial score (nSPS) is 20.4. The van der Waals surface area contributed by atoms with Crippen molar-refractivity contribution < 1.29 is 4.79 Å². The van der Waals surface area contributed by atoms with E-state index in [0.717, 1.165) is 25.1 Å². The number of rotatable bonds is 6. The smallest absolute Gasteiger partial charge is 0.235 e. The molecular weight excluding hydrogens is 268 g/mol. The summed E-state index contributed by atoms with van der Waals surface area (Å²) in [6.45, 7) is 5.16. The Hall–Kier alpha value is -0.900. The number of thioether (sulfide) groups is 1. The summed E-state index contributed by atoms with van der Waals surface area (Å²) in [5, 5.41) is 0.0856. The third kappa shape index (κ3) is 3.40. The van der Waals surface area contributed by atoms with Gasteiger partial charge in [-0.05, 0) is 44.1 Å². The van der Waals surface area contributed by atoms with Crippen LogP contribution in [0.5, 0.6) is 0 Å². The van der Waals surface area contributed by atoms with E-state index in [1.54, 1.807) is 11.8 Å². The Labute approximate surface area is 126 Å². The molecule has 112 valence electrons. The summed E-state index contributed by atoms with van der Waals surface area (Å²) in [6, 6.07) is 4.48. The molecule has 0 radical (unpaired) electrons. The van der Waals surface area contributed by atoms with Crippen molar-refractivity contribution >= 4 is 17.7 Å². The van der Waals surface area contributed by atoms with Crippen LogP contribution in [0.25, 0.3) is 0 Å². The van der Waals surface area contributed by atoms with Crippen molar-refractivity contribution in [3.8, 4) is 0 Å². The number of carbonyl (C=O) groups is 1. The highest BCUT2D eigenvalue weighted by Crippen LogP contribution is 2.33. The van der Waals surface area contributed by atoms with Crippen LogP contribution in [0.1, 0.15) is 51.3 Å². The third-order valence-corrected chi connectivity index (χ3v) is 5.30. The Morgan fingerprint density at radius 3 is 3.00 bits per heavy atom. The molecule has 0 saturated carbocycles. The molecule has 2 rings (SSSR count). The van der Waals surface area contributed by atoms with Gasteiger partial charge in [-0.1, -0.05) is 13.3 Å². The van der Waals surface area contributed by atoms with Gasteiger partial charge in [0.15, 0.2) is 0 Å². The van der Waals surface area contributed by atoms with Gasteiger partial charge >= 0.3 is 0 Å². The molecule has 1 saturated heterocycles. The van der Waals surface area contributed by atoms with Crippen LogP contribution < -0.4 is 0 Å². The van der Waals surface area contributed by atoms with E-state index in [2.05, 4.69) is 48.7 Å². The molecule has 3 nitrogen and oxygen atoms in total. The summed E-state index contributed by atoms with van der Waals surface area (Å²) in [5.74, 6) is 1.40. The quantitative estimate of drug-likeness (QED) is 0.749. The average molecular weight is 294 g/mol. The molecule has 1 fully saturated rings. The summed E-state index contributed by atoms with van der Waals surface area (Å²) in [5.41, 5.74) is 1.27. The maximum absolute atomic E-state index is 12.7. The van der Waals surface area contributed by atoms with Crippen LogP contribution in [0.2, 0.25) is 0 Å². The van der Waals surface area contributed by atoms with Crippen LogP contribution in [-0.2, 0) is 11.8 Å². The van der Waals surface area contributed by atoms with Crippen molar-refractivity contribution in [3.63, 3.8) is 0 Å². The Kier molecular flexibility index (Phi) is 5.58. The van der Waals surface area contributed by atoms with Crippen molar-refractivity contribution in [1.29, 1.82) is 0 Å². The Morgan fingerprint density at radius 1 is 1.55 bits per heavy atom. The zero-order chi connectivity index (χ0) is 14.5. The number of amides is 1. The van der Waals surface area contributed by atoms with Gasteiger partial charge in [0.25, 0.3) is 0 Å². The molecule has 0 aromatic carbocycles. The van der Waals surface area contributed by atoms with Crippen LogP contribution in [0.4, 0.5) is 0 Å². The van der Waals surface area contributed by atoms with E-state index < -0.39 is 0 Å². The molecule has 1 amide bonds. The zero-order valence-corrected chi connectivity index (χ0v) is 13.7. The van der Waals surface area contributed by atoms with E-state index in [1.165, 1.54) is 18.5 Å². The van der Waals surface area contributed by atoms with Gasteiger partial charge in [0.1, 0.15) is 0 Å². The summed E-state index contributed by atoms with van der Waals surface area (Å²) in [6.07, 6.45) is 6.67. The lowest BCUT2D eigenvalue weighted by Crippen LogP contribution is -2.36. The lowest BCUT2D eigenvalue weighted by molar-refractivity contribution is -0.131. The number of unbranched alkanes of at least 4 members (excludes halogenated alkanes) is 1. The maximum Gasteiger partial charge on any atom is 0.235 e. The van der Waals surface area contributed by atoms with Crippen molar-refractivity contribution in [2.24, 2.45) is 7.05 Å². The van der Waals surface area contributed by atoms with Crippen molar-refractivity contribution in [1.82, 2.24) is 9.47 Å². The average Bonchev–Trinajstić information content (AvgIpc) is 3.06. The second-order valence-electron chi connectivity index (χ2n) is 5.60. The van der Waals surface area contributed by atoms with Gasteiger partial charge in [-0.15, -0.1) is 11.8 Å². The largest absolute Gasteiger partial charge is 0.353 e. The van der Waals surface area contributed by atoms with Crippen LogP contribution in [0.3, 0.4) is 0 Å². The Bertz CT molecular complexity index is 443. The first kappa shape index (κ1) is 15.5. The van der Waals surface area contributed by atoms with Gasteiger partial charge in [0, 0.05) is 25.5 Å². The third-order valence-electron chi connectivity index (χ3n) is 4.07. The predicted molar refractivity (Wildman–Crippen MR) is 85.9 cm³/mol. The SMILES string of the molecule is CCCCSC(C)C(=O)N1CCCC1c1cccn1C. The predicted octanol–water partition coefficient (Wildman–Crippen LogP) is 3.61. The molecule has 4 heteroatoms. The molecule has 20 heavy (non-hydrogen) atoms. The maximum atomic E-state index is 12.7. The molecule has 2 unspecified atom stereocenters. The molecule has 2 heterocycles. The number of hydrogen-bond donors (Lipinski definition) is 0. The highest BCUT2D eigenvalue weighted by atomic mass is 32.2. The molecule has 1 aliphatic heterocycles. The van der Waals surface area contributed by atoms with Gasteiger partial charge in [-0.2, -0.15) is 0 Å². The van der Waals surface area contributed by atoms with E-state index in [9.17, 15) is 4.79 Å². The first-order valence-corrected chi connectivity index (χ1v) is 8.73. The lowest BCUT2D eigenvalue weighted by atomic mass is 10.1. The number of nitrogens with zero attached hydrogens (tertiary/aromatic N) is 2. The second-order valence-corrected chi connectivity index (χ2v) is 7.05. The fourth-order valence-electron chi connectivity index (χ4n) is 2.87. The van der Waals surface area contributed by atoms with Crippen molar-refractivity contribution in [2.45, 2.75) is 50.8 Å². The second kappa shape index (κ2) is 7.21. The molecule has 0 aliphatic carbocycles.